The predicted octanol–water partition coefficient (Wildman–Crippen LogP) is 2.96. The molecule has 2 aromatic rings. The molecular formula is C13H8N2O4. The molecule has 19 heavy (non-hydrogen) atoms. The molecule has 2 rings (SSSR count). The summed E-state index contributed by atoms with van der Waals surface area (Å²) >= 11 is 0. The lowest BCUT2D eigenvalue weighted by molar-refractivity contribution is -0.385. The van der Waals surface area contributed by atoms with Crippen molar-refractivity contribution in [3.05, 3.63) is 58.1 Å². The quantitative estimate of drug-likeness (QED) is 0.672. The molecule has 2 aromatic carbocycles. The number of ether oxygens (including phenoxy) is 1. The first-order valence-corrected chi connectivity index (χ1v) is 5.26. The van der Waals surface area contributed by atoms with E-state index in [0.717, 1.165) is 0 Å². The molecule has 0 heterocycles. The molecule has 1 N–H and O–H groups in total. The zero-order valence-electron chi connectivity index (χ0n) is 9.61. The summed E-state index contributed by atoms with van der Waals surface area (Å²) in [5.41, 5.74) is -0.445. The van der Waals surface area contributed by atoms with Gasteiger partial charge in [-0.3, -0.25) is 10.1 Å². The highest BCUT2D eigenvalue weighted by atomic mass is 16.6. The van der Waals surface area contributed by atoms with Crippen LogP contribution < -0.4 is 4.74 Å². The fourth-order valence-corrected chi connectivity index (χ4v) is 1.52. The van der Waals surface area contributed by atoms with Crippen LogP contribution >= 0.6 is 0 Å². The van der Waals surface area contributed by atoms with Crippen molar-refractivity contribution in [3.63, 3.8) is 0 Å². The lowest BCUT2D eigenvalue weighted by atomic mass is 10.2. The Bertz CT molecular complexity index is 659. The van der Waals surface area contributed by atoms with E-state index in [4.69, 9.17) is 15.1 Å². The molecule has 0 spiro atoms. The third kappa shape index (κ3) is 2.61. The summed E-state index contributed by atoms with van der Waals surface area (Å²) in [6.07, 6.45) is 0. The van der Waals surface area contributed by atoms with E-state index >= 15 is 0 Å². The Morgan fingerprint density at radius 3 is 2.47 bits per heavy atom. The summed E-state index contributed by atoms with van der Waals surface area (Å²) in [5.74, 6) is 0.373. The van der Waals surface area contributed by atoms with E-state index in [2.05, 4.69) is 0 Å². The van der Waals surface area contributed by atoms with E-state index in [-0.39, 0.29) is 22.7 Å². The fraction of sp³-hybridized carbons (Fsp3) is 0. The second-order valence-corrected chi connectivity index (χ2v) is 3.62. The monoisotopic (exact) mass is 256 g/mol. The number of nitrogens with zero attached hydrogens (tertiary/aromatic N) is 2. The second-order valence-electron chi connectivity index (χ2n) is 3.62. The molecule has 0 bridgehead atoms. The second kappa shape index (κ2) is 5.06. The van der Waals surface area contributed by atoms with E-state index in [1.54, 1.807) is 6.07 Å². The largest absolute Gasteiger partial charge is 0.508 e. The molecule has 0 amide bonds. The van der Waals surface area contributed by atoms with Gasteiger partial charge in [0.2, 0.25) is 5.75 Å². The summed E-state index contributed by atoms with van der Waals surface area (Å²) in [6.45, 7) is 0. The van der Waals surface area contributed by atoms with Gasteiger partial charge in [0, 0.05) is 0 Å². The van der Waals surface area contributed by atoms with Crippen molar-refractivity contribution in [2.45, 2.75) is 0 Å². The molecule has 94 valence electrons. The van der Waals surface area contributed by atoms with Gasteiger partial charge in [0.15, 0.2) is 0 Å². The van der Waals surface area contributed by atoms with Gasteiger partial charge < -0.3 is 9.84 Å². The summed E-state index contributed by atoms with van der Waals surface area (Å²) in [6, 6.07) is 11.7. The maximum Gasteiger partial charge on any atom is 0.329 e. The molecule has 0 unspecified atom stereocenters. The highest BCUT2D eigenvalue weighted by molar-refractivity contribution is 5.59. The zero-order valence-corrected chi connectivity index (χ0v) is 9.61. The van der Waals surface area contributed by atoms with Crippen LogP contribution in [0.4, 0.5) is 5.69 Å². The number of benzene rings is 2. The van der Waals surface area contributed by atoms with Crippen molar-refractivity contribution in [2.75, 3.05) is 0 Å². The maximum atomic E-state index is 11.0. The molecular weight excluding hydrogens is 248 g/mol. The van der Waals surface area contributed by atoms with E-state index < -0.39 is 4.92 Å². The number of rotatable bonds is 3. The minimum atomic E-state index is -0.658. The number of aromatic hydroxyl groups is 1. The number of hydrogen-bond donors (Lipinski definition) is 1. The smallest absolute Gasteiger partial charge is 0.329 e. The highest BCUT2D eigenvalue weighted by Gasteiger charge is 2.21. The van der Waals surface area contributed by atoms with Crippen molar-refractivity contribution in [2.24, 2.45) is 0 Å². The third-order valence-electron chi connectivity index (χ3n) is 2.37. The molecule has 0 atom stereocenters. The Labute approximate surface area is 108 Å². The number of phenolic OH excluding ortho intramolecular Hbond substituents is 1. The third-order valence-corrected chi connectivity index (χ3v) is 2.37. The summed E-state index contributed by atoms with van der Waals surface area (Å²) < 4.78 is 5.36. The molecule has 0 saturated carbocycles. The molecule has 0 fully saturated rings. The molecule has 0 aliphatic rings. The molecule has 6 heteroatoms. The first-order chi connectivity index (χ1) is 9.11. The van der Waals surface area contributed by atoms with Gasteiger partial charge >= 0.3 is 5.69 Å². The lowest BCUT2D eigenvalue weighted by Crippen LogP contribution is -1.96. The molecule has 0 radical (unpaired) electrons. The van der Waals surface area contributed by atoms with Gasteiger partial charge in [-0.25, -0.2) is 0 Å². The van der Waals surface area contributed by atoms with Crippen LogP contribution in [0.25, 0.3) is 0 Å². The van der Waals surface area contributed by atoms with Gasteiger partial charge in [-0.1, -0.05) is 6.07 Å². The average molecular weight is 256 g/mol. The number of nitro groups is 1. The summed E-state index contributed by atoms with van der Waals surface area (Å²) in [4.78, 5) is 10.3. The SMILES string of the molecule is N#Cc1cccc(Oc2ccc(O)cc2)c1[N+](=O)[O-]. The maximum absolute atomic E-state index is 11.0. The van der Waals surface area contributed by atoms with Crippen LogP contribution in [0.3, 0.4) is 0 Å². The van der Waals surface area contributed by atoms with Gasteiger partial charge in [-0.15, -0.1) is 0 Å². The first-order valence-electron chi connectivity index (χ1n) is 5.26. The van der Waals surface area contributed by atoms with Crippen LogP contribution in [0, 0.1) is 21.4 Å². The average Bonchev–Trinajstić information content (AvgIpc) is 2.40. The predicted molar refractivity (Wildman–Crippen MR) is 66.0 cm³/mol. The normalized spacial score (nSPS) is 9.63. The van der Waals surface area contributed by atoms with Crippen molar-refractivity contribution < 1.29 is 14.8 Å². The highest BCUT2D eigenvalue weighted by Crippen LogP contribution is 2.34. The molecule has 6 nitrogen and oxygen atoms in total. The molecule has 0 saturated heterocycles. The van der Waals surface area contributed by atoms with Crippen LogP contribution in [0.15, 0.2) is 42.5 Å². The van der Waals surface area contributed by atoms with E-state index in [1.807, 2.05) is 0 Å². The van der Waals surface area contributed by atoms with E-state index in [1.165, 1.54) is 42.5 Å². The Balaban J connectivity index is 2.43. The van der Waals surface area contributed by atoms with Crippen molar-refractivity contribution in [3.8, 4) is 23.3 Å². The molecule has 0 aliphatic carbocycles. The van der Waals surface area contributed by atoms with Gasteiger partial charge in [0.05, 0.1) is 4.92 Å². The van der Waals surface area contributed by atoms with Gasteiger partial charge in [-0.2, -0.15) is 5.26 Å². The van der Waals surface area contributed by atoms with Gasteiger partial charge in [0.1, 0.15) is 23.1 Å². The number of para-hydroxylation sites is 1. The number of phenols is 1. The summed E-state index contributed by atoms with van der Waals surface area (Å²) in [5, 5.41) is 29.0. The Morgan fingerprint density at radius 2 is 1.89 bits per heavy atom. The van der Waals surface area contributed by atoms with Crippen LogP contribution in [-0.4, -0.2) is 10.0 Å². The number of hydrogen-bond acceptors (Lipinski definition) is 5. The Kier molecular flexibility index (Phi) is 3.30. The summed E-state index contributed by atoms with van der Waals surface area (Å²) in [7, 11) is 0. The lowest BCUT2D eigenvalue weighted by Gasteiger charge is -2.06. The van der Waals surface area contributed by atoms with E-state index in [0.29, 0.717) is 5.75 Å². The fourth-order valence-electron chi connectivity index (χ4n) is 1.52. The van der Waals surface area contributed by atoms with Gasteiger partial charge in [0.25, 0.3) is 0 Å². The van der Waals surface area contributed by atoms with Crippen LogP contribution in [-0.2, 0) is 0 Å². The topological polar surface area (TPSA) is 96.4 Å². The Hall–Kier alpha value is -3.07. The van der Waals surface area contributed by atoms with Crippen molar-refractivity contribution in [1.82, 2.24) is 0 Å². The minimum absolute atomic E-state index is 0.0188. The molecule has 0 aliphatic heterocycles. The number of nitro benzene ring substituents is 1. The van der Waals surface area contributed by atoms with Crippen molar-refractivity contribution in [1.29, 1.82) is 5.26 Å². The van der Waals surface area contributed by atoms with E-state index in [9.17, 15) is 10.1 Å². The standard InChI is InChI=1S/C13H8N2O4/c14-8-9-2-1-3-12(13(9)15(17)18)19-11-6-4-10(16)5-7-11/h1-7,16H. The van der Waals surface area contributed by atoms with Gasteiger partial charge in [-0.05, 0) is 36.4 Å². The first kappa shape index (κ1) is 12.4. The number of nitriles is 1. The minimum Gasteiger partial charge on any atom is -0.508 e. The van der Waals surface area contributed by atoms with Crippen LogP contribution in [0.1, 0.15) is 5.56 Å². The van der Waals surface area contributed by atoms with Crippen LogP contribution in [0.2, 0.25) is 0 Å². The molecule has 0 aromatic heterocycles. The zero-order chi connectivity index (χ0) is 13.8. The van der Waals surface area contributed by atoms with Crippen LogP contribution in [0.5, 0.6) is 17.2 Å². The van der Waals surface area contributed by atoms with Crippen molar-refractivity contribution >= 4 is 5.69 Å². The Morgan fingerprint density at radius 1 is 1.21 bits per heavy atom.